The monoisotopic (exact) mass is 490 g/mol. The molecule has 3 aliphatic rings. The van der Waals surface area contributed by atoms with Crippen molar-refractivity contribution in [3.63, 3.8) is 0 Å². The molecule has 0 aromatic heterocycles. The summed E-state index contributed by atoms with van der Waals surface area (Å²) in [5.41, 5.74) is 5.26. The maximum Gasteiger partial charge on any atom is 0.286 e. The molecule has 34 heavy (non-hydrogen) atoms. The van der Waals surface area contributed by atoms with Crippen LogP contribution < -0.4 is 15.8 Å². The van der Waals surface area contributed by atoms with Crippen LogP contribution in [0.1, 0.15) is 46.0 Å². The summed E-state index contributed by atoms with van der Waals surface area (Å²) in [4.78, 5) is 39.5. The fourth-order valence-electron chi connectivity index (χ4n) is 5.06. The minimum absolute atomic E-state index is 0.0759. The third kappa shape index (κ3) is 4.66. The normalized spacial score (nSPS) is 24.6. The zero-order valence-electron chi connectivity index (χ0n) is 19.3. The maximum absolute atomic E-state index is 13.6. The summed E-state index contributed by atoms with van der Waals surface area (Å²) in [6.07, 6.45) is 4.90. The summed E-state index contributed by atoms with van der Waals surface area (Å²) in [5, 5.41) is 2.90. The van der Waals surface area contributed by atoms with E-state index in [0.717, 1.165) is 32.1 Å². The molecule has 2 aliphatic heterocycles. The molecule has 1 saturated carbocycles. The van der Waals surface area contributed by atoms with E-state index >= 15 is 0 Å². The zero-order chi connectivity index (χ0) is 24.6. The molecule has 11 heteroatoms. The highest BCUT2D eigenvalue weighted by molar-refractivity contribution is 7.90. The van der Waals surface area contributed by atoms with Crippen LogP contribution in [0.5, 0.6) is 5.75 Å². The number of nitrogens with two attached hydrogens (primary N) is 1. The molecule has 0 radical (unpaired) electrons. The maximum atomic E-state index is 13.6. The van der Waals surface area contributed by atoms with Crippen molar-refractivity contribution in [3.8, 4) is 5.75 Å². The number of amidine groups is 1. The number of Topliss-reactive ketones (excluding diaryl/α,β-unsaturated/α-hetero) is 1. The first-order valence-corrected chi connectivity index (χ1v) is 13.0. The molecule has 3 N–H and O–H groups in total. The van der Waals surface area contributed by atoms with Crippen molar-refractivity contribution in [1.29, 1.82) is 0 Å². The number of amides is 2. The van der Waals surface area contributed by atoms with Crippen LogP contribution in [0.15, 0.2) is 27.5 Å². The van der Waals surface area contributed by atoms with Crippen LogP contribution in [0.2, 0.25) is 0 Å². The van der Waals surface area contributed by atoms with E-state index in [4.69, 9.17) is 10.5 Å². The molecule has 10 nitrogen and oxygen atoms in total. The highest BCUT2D eigenvalue weighted by atomic mass is 32.2. The number of carbonyl (C=O) groups excluding carboxylic acids is 3. The fourth-order valence-corrected chi connectivity index (χ4v) is 6.23. The van der Waals surface area contributed by atoms with Gasteiger partial charge in [0.05, 0.1) is 11.7 Å². The number of fused-ring (bicyclic) bond motifs is 1. The zero-order valence-corrected chi connectivity index (χ0v) is 20.1. The predicted octanol–water partition coefficient (Wildman–Crippen LogP) is 1.70. The van der Waals surface area contributed by atoms with Crippen LogP contribution >= 0.6 is 0 Å². The van der Waals surface area contributed by atoms with Gasteiger partial charge in [-0.05, 0) is 36.8 Å². The van der Waals surface area contributed by atoms with Crippen LogP contribution in [0.4, 0.5) is 5.69 Å². The molecule has 1 aromatic rings. The highest BCUT2D eigenvalue weighted by Gasteiger charge is 2.53. The summed E-state index contributed by atoms with van der Waals surface area (Å²) in [5.74, 6) is -2.46. The van der Waals surface area contributed by atoms with Crippen LogP contribution in [0, 0.1) is 17.8 Å². The molecular formula is C23H30N4O6S. The SMILES string of the molecule is CC(C)CN1C(=O)C(C2=NS(=O)(=O)c3cc(OCC(N)=O)ccc3N2)C(=O)C1C1CCCCC1. The Morgan fingerprint density at radius 1 is 1.24 bits per heavy atom. The van der Waals surface area contributed by atoms with E-state index in [9.17, 15) is 22.8 Å². The van der Waals surface area contributed by atoms with E-state index in [1.165, 1.54) is 18.2 Å². The Labute approximate surface area is 199 Å². The highest BCUT2D eigenvalue weighted by Crippen LogP contribution is 2.38. The lowest BCUT2D eigenvalue weighted by molar-refractivity contribution is -0.131. The number of sulfonamides is 1. The van der Waals surface area contributed by atoms with Crippen LogP contribution in [-0.2, 0) is 24.4 Å². The van der Waals surface area contributed by atoms with Gasteiger partial charge in [0.15, 0.2) is 18.3 Å². The number of anilines is 1. The molecule has 2 unspecified atom stereocenters. The molecule has 1 saturated heterocycles. The lowest BCUT2D eigenvalue weighted by atomic mass is 9.81. The van der Waals surface area contributed by atoms with Crippen molar-refractivity contribution >= 4 is 39.1 Å². The average molecular weight is 491 g/mol. The summed E-state index contributed by atoms with van der Waals surface area (Å²) < 4.78 is 35.0. The molecule has 2 heterocycles. The number of hydrogen-bond donors (Lipinski definition) is 2. The fraction of sp³-hybridized carbons (Fsp3) is 0.565. The molecule has 0 spiro atoms. The van der Waals surface area contributed by atoms with Gasteiger partial charge in [0, 0.05) is 12.6 Å². The van der Waals surface area contributed by atoms with Gasteiger partial charge in [0.2, 0.25) is 5.91 Å². The van der Waals surface area contributed by atoms with Crippen molar-refractivity contribution < 1.29 is 27.5 Å². The summed E-state index contributed by atoms with van der Waals surface area (Å²) in [6.45, 7) is 4.00. The molecule has 184 valence electrons. The Balaban J connectivity index is 1.65. The molecule has 4 rings (SSSR count). The van der Waals surface area contributed by atoms with E-state index in [0.29, 0.717) is 6.54 Å². The average Bonchev–Trinajstić information content (AvgIpc) is 3.01. The molecule has 2 amide bonds. The second kappa shape index (κ2) is 9.36. The van der Waals surface area contributed by atoms with Crippen LogP contribution in [0.3, 0.4) is 0 Å². The summed E-state index contributed by atoms with van der Waals surface area (Å²) in [7, 11) is -4.21. The lowest BCUT2D eigenvalue weighted by Crippen LogP contribution is -2.43. The van der Waals surface area contributed by atoms with E-state index in [-0.39, 0.29) is 39.8 Å². The van der Waals surface area contributed by atoms with Gasteiger partial charge < -0.3 is 20.7 Å². The molecular weight excluding hydrogens is 460 g/mol. The number of nitrogens with zero attached hydrogens (tertiary/aromatic N) is 2. The number of carbonyl (C=O) groups is 3. The second-order valence-corrected chi connectivity index (χ2v) is 11.1. The molecule has 0 bridgehead atoms. The predicted molar refractivity (Wildman–Crippen MR) is 125 cm³/mol. The van der Waals surface area contributed by atoms with Gasteiger partial charge in [-0.3, -0.25) is 14.4 Å². The van der Waals surface area contributed by atoms with Crippen molar-refractivity contribution in [1.82, 2.24) is 4.90 Å². The molecule has 1 aliphatic carbocycles. The number of likely N-dealkylation sites (tertiary alicyclic amines) is 1. The first-order valence-electron chi connectivity index (χ1n) is 11.6. The van der Waals surface area contributed by atoms with Crippen molar-refractivity contribution in [2.75, 3.05) is 18.5 Å². The number of ketones is 1. The third-order valence-corrected chi connectivity index (χ3v) is 7.80. The van der Waals surface area contributed by atoms with E-state index in [1.807, 2.05) is 13.8 Å². The molecule has 2 atom stereocenters. The van der Waals surface area contributed by atoms with Gasteiger partial charge >= 0.3 is 0 Å². The first kappa shape index (κ1) is 24.2. The number of primary amides is 1. The molecule has 1 aromatic carbocycles. The Morgan fingerprint density at radius 3 is 2.59 bits per heavy atom. The quantitative estimate of drug-likeness (QED) is 0.553. The van der Waals surface area contributed by atoms with Gasteiger partial charge in [-0.1, -0.05) is 33.1 Å². The van der Waals surface area contributed by atoms with Gasteiger partial charge in [0.25, 0.3) is 15.9 Å². The van der Waals surface area contributed by atoms with Crippen molar-refractivity contribution in [2.45, 2.75) is 56.9 Å². The van der Waals surface area contributed by atoms with Crippen LogP contribution in [-0.4, -0.2) is 55.9 Å². The van der Waals surface area contributed by atoms with E-state index in [1.54, 1.807) is 4.90 Å². The van der Waals surface area contributed by atoms with Crippen molar-refractivity contribution in [3.05, 3.63) is 18.2 Å². The Hall–Kier alpha value is -2.95. The third-order valence-electron chi connectivity index (χ3n) is 6.47. The second-order valence-electron chi connectivity index (χ2n) is 9.55. The van der Waals surface area contributed by atoms with Crippen molar-refractivity contribution in [2.24, 2.45) is 27.9 Å². The summed E-state index contributed by atoms with van der Waals surface area (Å²) in [6, 6.07) is 3.60. The molecule has 2 fully saturated rings. The lowest BCUT2D eigenvalue weighted by Gasteiger charge is -2.33. The van der Waals surface area contributed by atoms with Crippen LogP contribution in [0.25, 0.3) is 0 Å². The minimum Gasteiger partial charge on any atom is -0.484 e. The first-order chi connectivity index (χ1) is 16.1. The van der Waals surface area contributed by atoms with Gasteiger partial charge in [-0.15, -0.1) is 4.40 Å². The summed E-state index contributed by atoms with van der Waals surface area (Å²) >= 11 is 0. The van der Waals surface area contributed by atoms with Gasteiger partial charge in [-0.2, -0.15) is 8.42 Å². The number of rotatable bonds is 7. The standard InChI is InChI=1S/C23H30N4O6S/c1-13(2)11-27-20(14-6-4-3-5-7-14)21(29)19(23(27)30)22-25-16-9-8-15(33-12-18(24)28)10-17(16)34(31,32)26-22/h8-10,13-14,19-20H,3-7,11-12H2,1-2H3,(H2,24,28)(H,25,26). The Kier molecular flexibility index (Phi) is 6.66. The van der Waals surface area contributed by atoms with Gasteiger partial charge in [-0.25, -0.2) is 0 Å². The smallest absolute Gasteiger partial charge is 0.286 e. The number of nitrogens with one attached hydrogen (secondary N) is 1. The Bertz CT molecular complexity index is 1140. The minimum atomic E-state index is -4.21. The van der Waals surface area contributed by atoms with Gasteiger partial charge in [0.1, 0.15) is 16.5 Å². The number of hydrogen-bond acceptors (Lipinski definition) is 7. The topological polar surface area (TPSA) is 148 Å². The van der Waals surface area contributed by atoms with E-state index < -0.39 is 40.4 Å². The largest absolute Gasteiger partial charge is 0.484 e. The number of benzene rings is 1. The number of ether oxygens (including phenoxy) is 1. The van der Waals surface area contributed by atoms with E-state index in [2.05, 4.69) is 9.71 Å². The Morgan fingerprint density at radius 2 is 1.94 bits per heavy atom.